The molecule has 0 spiro atoms. The first-order valence-corrected chi connectivity index (χ1v) is 7.89. The Labute approximate surface area is 130 Å². The predicted molar refractivity (Wildman–Crippen MR) is 81.1 cm³/mol. The summed E-state index contributed by atoms with van der Waals surface area (Å²) in [5.74, 6) is 0.875. The number of hydrogen-bond donors (Lipinski definition) is 2. The Morgan fingerprint density at radius 3 is 2.70 bits per heavy atom. The van der Waals surface area contributed by atoms with Crippen LogP contribution >= 0.6 is 24.0 Å². The molecule has 1 aliphatic rings. The maximum Gasteiger partial charge on any atom is 0.242 e. The van der Waals surface area contributed by atoms with Crippen molar-refractivity contribution in [3.8, 4) is 5.75 Å². The first kappa shape index (κ1) is 17.5. The summed E-state index contributed by atoms with van der Waals surface area (Å²) in [5.41, 5.74) is 5.87. The summed E-state index contributed by atoms with van der Waals surface area (Å²) in [4.78, 5) is 0.0107. The molecule has 1 saturated carbocycles. The van der Waals surface area contributed by atoms with Gasteiger partial charge < -0.3 is 10.5 Å². The Balaban J connectivity index is 0.00000200. The van der Waals surface area contributed by atoms with E-state index in [1.165, 1.54) is 19.2 Å². The smallest absolute Gasteiger partial charge is 0.242 e. The van der Waals surface area contributed by atoms with Crippen LogP contribution in [0.15, 0.2) is 23.1 Å². The number of ether oxygens (including phenoxy) is 1. The second-order valence-corrected chi connectivity index (χ2v) is 6.79. The normalized spacial score (nSPS) is 16.4. The lowest BCUT2D eigenvalue weighted by Gasteiger charge is -2.13. The fourth-order valence-corrected chi connectivity index (χ4v) is 3.38. The van der Waals surface area contributed by atoms with Crippen molar-refractivity contribution >= 4 is 34.0 Å². The Bertz CT molecular complexity index is 562. The quantitative estimate of drug-likeness (QED) is 0.827. The number of rotatable bonds is 6. The van der Waals surface area contributed by atoms with Crippen molar-refractivity contribution < 1.29 is 13.2 Å². The molecule has 0 radical (unpaired) electrons. The standard InChI is InChI=1S/C12H17ClN2O3S.ClH/c1-18-9-4-5-10(13)12(6-9)19(16,17)15-7-11(14)8-2-3-8;/h4-6,8,11,15H,2-3,7,14H2,1H3;1H. The van der Waals surface area contributed by atoms with Crippen LogP contribution < -0.4 is 15.2 Å². The molecule has 5 nitrogen and oxygen atoms in total. The molecule has 1 aliphatic carbocycles. The highest BCUT2D eigenvalue weighted by molar-refractivity contribution is 7.89. The number of hydrogen-bond acceptors (Lipinski definition) is 4. The lowest BCUT2D eigenvalue weighted by Crippen LogP contribution is -2.38. The van der Waals surface area contributed by atoms with Gasteiger partial charge in [0, 0.05) is 18.7 Å². The predicted octanol–water partition coefficient (Wildman–Crippen LogP) is 1.79. The first-order valence-electron chi connectivity index (χ1n) is 6.03. The van der Waals surface area contributed by atoms with Gasteiger partial charge in [-0.1, -0.05) is 11.6 Å². The van der Waals surface area contributed by atoms with E-state index in [9.17, 15) is 8.42 Å². The minimum Gasteiger partial charge on any atom is -0.497 e. The second-order valence-electron chi connectivity index (χ2n) is 4.65. The summed E-state index contributed by atoms with van der Waals surface area (Å²) in [6.45, 7) is 0.223. The highest BCUT2D eigenvalue weighted by atomic mass is 35.5. The first-order chi connectivity index (χ1) is 8.94. The number of benzene rings is 1. The summed E-state index contributed by atoms with van der Waals surface area (Å²) >= 11 is 5.92. The molecule has 1 aromatic carbocycles. The Kier molecular flexibility index (Phi) is 6.09. The summed E-state index contributed by atoms with van der Waals surface area (Å²) in [5, 5.41) is 0.160. The molecule has 0 aliphatic heterocycles. The molecule has 8 heteroatoms. The third-order valence-corrected chi connectivity index (χ3v) is 5.07. The monoisotopic (exact) mass is 340 g/mol. The van der Waals surface area contributed by atoms with Crippen LogP contribution in [-0.4, -0.2) is 28.1 Å². The molecule has 3 N–H and O–H groups in total. The lowest BCUT2D eigenvalue weighted by molar-refractivity contribution is 0.413. The van der Waals surface area contributed by atoms with Crippen molar-refractivity contribution in [3.05, 3.63) is 23.2 Å². The SMILES string of the molecule is COc1ccc(Cl)c(S(=O)(=O)NCC(N)C2CC2)c1.Cl. The molecule has 0 aromatic heterocycles. The highest BCUT2D eigenvalue weighted by Crippen LogP contribution is 2.31. The summed E-state index contributed by atoms with van der Waals surface area (Å²) in [6, 6.07) is 4.36. The third kappa shape index (κ3) is 4.23. The summed E-state index contributed by atoms with van der Waals surface area (Å²) in [7, 11) is -2.20. The number of nitrogens with one attached hydrogen (secondary N) is 1. The van der Waals surface area contributed by atoms with Crippen LogP contribution in [0.3, 0.4) is 0 Å². The van der Waals surface area contributed by atoms with Crippen molar-refractivity contribution in [3.63, 3.8) is 0 Å². The van der Waals surface area contributed by atoms with E-state index in [4.69, 9.17) is 22.1 Å². The van der Waals surface area contributed by atoms with Gasteiger partial charge in [-0.15, -0.1) is 12.4 Å². The average molecular weight is 341 g/mol. The van der Waals surface area contributed by atoms with Crippen molar-refractivity contribution in [2.45, 2.75) is 23.8 Å². The summed E-state index contributed by atoms with van der Waals surface area (Å²) < 4.78 is 31.8. The van der Waals surface area contributed by atoms with E-state index in [0.717, 1.165) is 12.8 Å². The van der Waals surface area contributed by atoms with E-state index < -0.39 is 10.0 Å². The topological polar surface area (TPSA) is 81.4 Å². The summed E-state index contributed by atoms with van der Waals surface area (Å²) in [6.07, 6.45) is 2.14. The van der Waals surface area contributed by atoms with E-state index in [1.54, 1.807) is 6.07 Å². The number of sulfonamides is 1. The molecule has 1 unspecified atom stereocenters. The van der Waals surface area contributed by atoms with Gasteiger partial charge in [-0.25, -0.2) is 13.1 Å². The average Bonchev–Trinajstić information content (AvgIpc) is 3.20. The molecule has 0 amide bonds. The molecule has 0 heterocycles. The Hall–Kier alpha value is -0.530. The van der Waals surface area contributed by atoms with Crippen LogP contribution in [0.5, 0.6) is 5.75 Å². The zero-order valence-electron chi connectivity index (χ0n) is 11.0. The van der Waals surface area contributed by atoms with Gasteiger partial charge in [0.2, 0.25) is 10.0 Å². The van der Waals surface area contributed by atoms with Crippen LogP contribution in [0.4, 0.5) is 0 Å². The van der Waals surface area contributed by atoms with Gasteiger partial charge in [-0.3, -0.25) is 0 Å². The molecule has 114 valence electrons. The third-order valence-electron chi connectivity index (χ3n) is 3.16. The maximum absolute atomic E-state index is 12.2. The molecule has 20 heavy (non-hydrogen) atoms. The van der Waals surface area contributed by atoms with E-state index >= 15 is 0 Å². The van der Waals surface area contributed by atoms with E-state index in [-0.39, 0.29) is 34.9 Å². The van der Waals surface area contributed by atoms with Crippen molar-refractivity contribution in [1.29, 1.82) is 0 Å². The minimum absolute atomic E-state index is 0. The van der Waals surface area contributed by atoms with Gasteiger partial charge in [-0.05, 0) is 30.9 Å². The largest absolute Gasteiger partial charge is 0.497 e. The fourth-order valence-electron chi connectivity index (χ4n) is 1.79. The zero-order chi connectivity index (χ0) is 14.0. The number of nitrogens with two attached hydrogens (primary N) is 1. The lowest BCUT2D eigenvalue weighted by atomic mass is 10.2. The number of methoxy groups -OCH3 is 1. The van der Waals surface area contributed by atoms with E-state index in [0.29, 0.717) is 11.7 Å². The van der Waals surface area contributed by atoms with Gasteiger partial charge in [-0.2, -0.15) is 0 Å². The van der Waals surface area contributed by atoms with E-state index in [2.05, 4.69) is 4.72 Å². The van der Waals surface area contributed by atoms with Crippen LogP contribution in [0.1, 0.15) is 12.8 Å². The molecule has 1 atom stereocenters. The van der Waals surface area contributed by atoms with Gasteiger partial charge in [0.1, 0.15) is 10.6 Å². The van der Waals surface area contributed by atoms with Gasteiger partial charge in [0.15, 0.2) is 0 Å². The highest BCUT2D eigenvalue weighted by Gasteiger charge is 2.29. The minimum atomic E-state index is -3.67. The van der Waals surface area contributed by atoms with Crippen LogP contribution in [0, 0.1) is 5.92 Å². The number of halogens is 2. The Morgan fingerprint density at radius 1 is 1.50 bits per heavy atom. The van der Waals surface area contributed by atoms with Crippen LogP contribution in [-0.2, 0) is 10.0 Å². The fraction of sp³-hybridized carbons (Fsp3) is 0.500. The molecule has 1 aromatic rings. The van der Waals surface area contributed by atoms with Crippen molar-refractivity contribution in [2.75, 3.05) is 13.7 Å². The molecule has 1 fully saturated rings. The van der Waals surface area contributed by atoms with Gasteiger partial charge >= 0.3 is 0 Å². The molecule has 0 bridgehead atoms. The van der Waals surface area contributed by atoms with Crippen LogP contribution in [0.2, 0.25) is 5.02 Å². The molecular formula is C12H18Cl2N2O3S. The molecule has 2 rings (SSSR count). The van der Waals surface area contributed by atoms with E-state index in [1.807, 2.05) is 0 Å². The van der Waals surface area contributed by atoms with Crippen molar-refractivity contribution in [1.82, 2.24) is 4.72 Å². The van der Waals surface area contributed by atoms with Gasteiger partial charge in [0.25, 0.3) is 0 Å². The molecule has 0 saturated heterocycles. The van der Waals surface area contributed by atoms with Gasteiger partial charge in [0.05, 0.1) is 12.1 Å². The Morgan fingerprint density at radius 2 is 2.15 bits per heavy atom. The van der Waals surface area contributed by atoms with Crippen molar-refractivity contribution in [2.24, 2.45) is 11.7 Å². The maximum atomic E-state index is 12.2. The molecular weight excluding hydrogens is 323 g/mol. The second kappa shape index (κ2) is 6.95. The van der Waals surface area contributed by atoms with Crippen LogP contribution in [0.25, 0.3) is 0 Å². The zero-order valence-corrected chi connectivity index (χ0v) is 13.4.